The fourth-order valence-electron chi connectivity index (χ4n) is 2.00. The number of hydrazine groups is 1. The van der Waals surface area contributed by atoms with Crippen molar-refractivity contribution in [2.45, 2.75) is 25.8 Å². The number of anilines is 2. The summed E-state index contributed by atoms with van der Waals surface area (Å²) in [5, 5.41) is 4.16. The topological polar surface area (TPSA) is 63.0 Å². The number of hydrogen-bond acceptors (Lipinski definition) is 4. The van der Waals surface area contributed by atoms with Gasteiger partial charge in [-0.25, -0.2) is 10.8 Å². The Morgan fingerprint density at radius 3 is 2.48 bits per heavy atom. The van der Waals surface area contributed by atoms with E-state index < -0.39 is 0 Å². The minimum Gasteiger partial charge on any atom is -0.366 e. The van der Waals surface area contributed by atoms with E-state index in [1.54, 1.807) is 6.07 Å². The van der Waals surface area contributed by atoms with Gasteiger partial charge in [0.25, 0.3) is 0 Å². The van der Waals surface area contributed by atoms with E-state index in [1.165, 1.54) is 5.56 Å². The van der Waals surface area contributed by atoms with Crippen molar-refractivity contribution in [1.29, 1.82) is 0 Å². The van der Waals surface area contributed by atoms with E-state index in [0.29, 0.717) is 21.7 Å². The van der Waals surface area contributed by atoms with E-state index in [2.05, 4.69) is 34.8 Å². The Morgan fingerprint density at radius 2 is 1.81 bits per heavy atom. The van der Waals surface area contributed by atoms with Crippen LogP contribution in [0.5, 0.6) is 0 Å². The van der Waals surface area contributed by atoms with Gasteiger partial charge in [-0.3, -0.25) is 0 Å². The highest BCUT2D eigenvalue weighted by Crippen LogP contribution is 2.29. The Balaban J connectivity index is 1.97. The molecule has 1 aromatic carbocycles. The van der Waals surface area contributed by atoms with Gasteiger partial charge in [0.05, 0.1) is 10.0 Å². The lowest BCUT2D eigenvalue weighted by Crippen LogP contribution is -2.18. The lowest BCUT2D eigenvalue weighted by molar-refractivity contribution is 0.703. The SMILES string of the molecule is CC(CCc1ccccc1)Nc1nc(NN)c(Cl)cc1Cl. The zero-order valence-corrected chi connectivity index (χ0v) is 13.2. The van der Waals surface area contributed by atoms with Crippen molar-refractivity contribution >= 4 is 34.8 Å². The van der Waals surface area contributed by atoms with Gasteiger partial charge >= 0.3 is 0 Å². The number of nitrogens with two attached hydrogens (primary N) is 1. The maximum Gasteiger partial charge on any atom is 0.161 e. The van der Waals surface area contributed by atoms with Crippen molar-refractivity contribution in [3.63, 3.8) is 0 Å². The van der Waals surface area contributed by atoms with E-state index in [1.807, 2.05) is 18.2 Å². The summed E-state index contributed by atoms with van der Waals surface area (Å²) < 4.78 is 0. The van der Waals surface area contributed by atoms with Gasteiger partial charge in [-0.1, -0.05) is 53.5 Å². The van der Waals surface area contributed by atoms with Gasteiger partial charge in [-0.15, -0.1) is 0 Å². The number of nitrogens with zero attached hydrogens (tertiary/aromatic N) is 1. The number of rotatable bonds is 6. The molecule has 0 amide bonds. The zero-order valence-electron chi connectivity index (χ0n) is 11.7. The van der Waals surface area contributed by atoms with Crippen LogP contribution in [-0.4, -0.2) is 11.0 Å². The second-order valence-electron chi connectivity index (χ2n) is 4.86. The Kier molecular flexibility index (Phi) is 5.67. The van der Waals surface area contributed by atoms with Crippen molar-refractivity contribution < 1.29 is 0 Å². The fourth-order valence-corrected chi connectivity index (χ4v) is 2.47. The summed E-state index contributed by atoms with van der Waals surface area (Å²) in [6, 6.07) is 12.2. The molecule has 2 aromatic rings. The average Bonchev–Trinajstić information content (AvgIpc) is 2.49. The summed E-state index contributed by atoms with van der Waals surface area (Å²) in [6.07, 6.45) is 1.96. The van der Waals surface area contributed by atoms with E-state index in [0.717, 1.165) is 12.8 Å². The molecule has 2 rings (SSSR count). The number of pyridine rings is 1. The normalized spacial score (nSPS) is 12.0. The first-order chi connectivity index (χ1) is 10.1. The number of halogens is 2. The third-order valence-corrected chi connectivity index (χ3v) is 3.73. The predicted molar refractivity (Wildman–Crippen MR) is 89.9 cm³/mol. The summed E-state index contributed by atoms with van der Waals surface area (Å²) >= 11 is 12.1. The van der Waals surface area contributed by atoms with Crippen molar-refractivity contribution in [2.75, 3.05) is 10.7 Å². The molecule has 1 aromatic heterocycles. The molecule has 0 fully saturated rings. The molecule has 21 heavy (non-hydrogen) atoms. The van der Waals surface area contributed by atoms with Crippen LogP contribution in [0.25, 0.3) is 0 Å². The lowest BCUT2D eigenvalue weighted by Gasteiger charge is -2.16. The molecule has 0 aliphatic carbocycles. The zero-order chi connectivity index (χ0) is 15.2. The van der Waals surface area contributed by atoms with Crippen LogP contribution in [-0.2, 0) is 6.42 Å². The summed E-state index contributed by atoms with van der Waals surface area (Å²) in [5.41, 5.74) is 3.76. The van der Waals surface area contributed by atoms with Crippen LogP contribution in [0.4, 0.5) is 11.6 Å². The van der Waals surface area contributed by atoms with Gasteiger partial charge in [-0.2, -0.15) is 0 Å². The van der Waals surface area contributed by atoms with Crippen molar-refractivity contribution in [1.82, 2.24) is 4.98 Å². The first-order valence-electron chi connectivity index (χ1n) is 6.73. The summed E-state index contributed by atoms with van der Waals surface area (Å²) in [6.45, 7) is 2.09. The van der Waals surface area contributed by atoms with Gasteiger partial charge in [-0.05, 0) is 31.4 Å². The van der Waals surface area contributed by atoms with Gasteiger partial charge < -0.3 is 10.7 Å². The van der Waals surface area contributed by atoms with E-state index >= 15 is 0 Å². The molecule has 112 valence electrons. The largest absolute Gasteiger partial charge is 0.366 e. The highest BCUT2D eigenvalue weighted by Gasteiger charge is 2.11. The number of benzene rings is 1. The van der Waals surface area contributed by atoms with Crippen LogP contribution in [0, 0.1) is 0 Å². The third-order valence-electron chi connectivity index (χ3n) is 3.16. The van der Waals surface area contributed by atoms with E-state index in [-0.39, 0.29) is 6.04 Å². The van der Waals surface area contributed by atoms with Crippen molar-refractivity contribution in [3.05, 3.63) is 52.0 Å². The lowest BCUT2D eigenvalue weighted by atomic mass is 10.1. The minimum atomic E-state index is 0.224. The monoisotopic (exact) mass is 324 g/mol. The molecule has 0 spiro atoms. The molecule has 1 heterocycles. The molecule has 4 nitrogen and oxygen atoms in total. The van der Waals surface area contributed by atoms with Crippen LogP contribution in [0.15, 0.2) is 36.4 Å². The fraction of sp³-hybridized carbons (Fsp3) is 0.267. The maximum atomic E-state index is 6.14. The summed E-state index contributed by atoms with van der Waals surface area (Å²) in [5.74, 6) is 6.35. The maximum absolute atomic E-state index is 6.14. The highest BCUT2D eigenvalue weighted by molar-refractivity contribution is 6.37. The van der Waals surface area contributed by atoms with Gasteiger partial charge in [0.1, 0.15) is 5.82 Å². The third kappa shape index (κ3) is 4.49. The predicted octanol–water partition coefficient (Wildman–Crippen LogP) is 4.11. The Hall–Kier alpha value is -1.49. The average molecular weight is 325 g/mol. The number of aryl methyl sites for hydroxylation is 1. The Morgan fingerprint density at radius 1 is 1.14 bits per heavy atom. The molecule has 1 unspecified atom stereocenters. The standard InChI is InChI=1S/C15H18Cl2N4/c1-10(7-8-11-5-3-2-4-6-11)19-14-12(16)9-13(17)15(20-14)21-18/h2-6,9-10H,7-8,18H2,1H3,(H2,19,20,21). The summed E-state index contributed by atoms with van der Waals surface area (Å²) in [7, 11) is 0. The smallest absolute Gasteiger partial charge is 0.161 e. The van der Waals surface area contributed by atoms with Crippen LogP contribution in [0.1, 0.15) is 18.9 Å². The Labute approximate surface area is 134 Å². The molecule has 0 aliphatic rings. The van der Waals surface area contributed by atoms with Crippen LogP contribution < -0.4 is 16.6 Å². The molecule has 4 N–H and O–H groups in total. The summed E-state index contributed by atoms with van der Waals surface area (Å²) in [4.78, 5) is 4.27. The van der Waals surface area contributed by atoms with Gasteiger partial charge in [0.15, 0.2) is 5.82 Å². The second-order valence-corrected chi connectivity index (χ2v) is 5.68. The first-order valence-corrected chi connectivity index (χ1v) is 7.49. The molecule has 0 radical (unpaired) electrons. The second kappa shape index (κ2) is 7.50. The number of aromatic nitrogens is 1. The van der Waals surface area contributed by atoms with E-state index in [9.17, 15) is 0 Å². The molecular weight excluding hydrogens is 307 g/mol. The molecule has 0 bridgehead atoms. The molecule has 1 atom stereocenters. The van der Waals surface area contributed by atoms with Crippen LogP contribution in [0.2, 0.25) is 10.0 Å². The minimum absolute atomic E-state index is 0.224. The van der Waals surface area contributed by atoms with Crippen molar-refractivity contribution in [3.8, 4) is 0 Å². The number of nitrogen functional groups attached to an aromatic ring is 1. The highest BCUT2D eigenvalue weighted by atomic mass is 35.5. The first kappa shape index (κ1) is 15.9. The number of nitrogens with one attached hydrogen (secondary N) is 2. The Bertz CT molecular complexity index is 590. The van der Waals surface area contributed by atoms with Gasteiger partial charge in [0.2, 0.25) is 0 Å². The molecular formula is C15H18Cl2N4. The molecule has 6 heteroatoms. The number of hydrogen-bond donors (Lipinski definition) is 3. The quantitative estimate of drug-likeness (QED) is 0.552. The molecule has 0 saturated carbocycles. The molecule has 0 saturated heterocycles. The molecule has 0 aliphatic heterocycles. The van der Waals surface area contributed by atoms with E-state index in [4.69, 9.17) is 29.0 Å². The van der Waals surface area contributed by atoms with Crippen LogP contribution >= 0.6 is 23.2 Å². The van der Waals surface area contributed by atoms with Gasteiger partial charge in [0, 0.05) is 6.04 Å². The van der Waals surface area contributed by atoms with Crippen molar-refractivity contribution in [2.24, 2.45) is 5.84 Å². The van der Waals surface area contributed by atoms with Crippen LogP contribution in [0.3, 0.4) is 0 Å².